The quantitative estimate of drug-likeness (QED) is 0.0262. The summed E-state index contributed by atoms with van der Waals surface area (Å²) in [7, 11) is 0. The van der Waals surface area contributed by atoms with Crippen LogP contribution in [0.2, 0.25) is 0 Å². The minimum atomic E-state index is -0.777. The number of carbonyl (C=O) groups is 3. The molecule has 65 heavy (non-hydrogen) atoms. The summed E-state index contributed by atoms with van der Waals surface area (Å²) in [6, 6.07) is 0. The summed E-state index contributed by atoms with van der Waals surface area (Å²) in [6.45, 7) is 6.61. The number of ether oxygens (including phenoxy) is 3. The van der Waals surface area contributed by atoms with Crippen molar-refractivity contribution in [3.63, 3.8) is 0 Å². The molecule has 0 bridgehead atoms. The normalized spacial score (nSPS) is 12.2. The molecule has 6 heteroatoms. The van der Waals surface area contributed by atoms with E-state index in [2.05, 4.69) is 57.2 Å². The van der Waals surface area contributed by atoms with E-state index in [9.17, 15) is 14.4 Å². The molecule has 0 saturated heterocycles. The van der Waals surface area contributed by atoms with Crippen LogP contribution in [-0.4, -0.2) is 37.2 Å². The molecule has 0 aromatic heterocycles. The van der Waals surface area contributed by atoms with E-state index in [4.69, 9.17) is 14.2 Å². The molecule has 0 unspecified atom stereocenters. The minimum Gasteiger partial charge on any atom is -0.462 e. The SMILES string of the molecule is CCCC/C=C\CCCCCCCC(=O)OC[C@@H](COC(=O)CCCCCCCCCCCCC/C=C\CCCCCCCC)OC(=O)CCCCCCC/C=C\CCCCCCCC. The Morgan fingerprint density at radius 1 is 0.292 bits per heavy atom. The summed E-state index contributed by atoms with van der Waals surface area (Å²) in [4.78, 5) is 38.0. The van der Waals surface area contributed by atoms with Gasteiger partial charge in [0.25, 0.3) is 0 Å². The molecule has 0 radical (unpaired) electrons. The van der Waals surface area contributed by atoms with E-state index in [1.54, 1.807) is 0 Å². The maximum absolute atomic E-state index is 12.8. The van der Waals surface area contributed by atoms with Gasteiger partial charge in [0.1, 0.15) is 13.2 Å². The van der Waals surface area contributed by atoms with Gasteiger partial charge in [0.05, 0.1) is 0 Å². The molecule has 380 valence electrons. The molecule has 0 N–H and O–H groups in total. The molecule has 0 fully saturated rings. The van der Waals surface area contributed by atoms with Crippen LogP contribution in [0.1, 0.15) is 303 Å². The molecule has 0 aliphatic carbocycles. The molecule has 1 atom stereocenters. The van der Waals surface area contributed by atoms with E-state index in [1.807, 2.05) is 0 Å². The molecule has 0 aromatic rings. The maximum atomic E-state index is 12.8. The Hall–Kier alpha value is -2.37. The van der Waals surface area contributed by atoms with Crippen LogP contribution < -0.4 is 0 Å². The van der Waals surface area contributed by atoms with Crippen molar-refractivity contribution in [2.24, 2.45) is 0 Å². The highest BCUT2D eigenvalue weighted by molar-refractivity contribution is 5.71. The predicted octanol–water partition coefficient (Wildman–Crippen LogP) is 18.9. The Kier molecular flexibility index (Phi) is 52.3. The topological polar surface area (TPSA) is 78.9 Å². The fourth-order valence-corrected chi connectivity index (χ4v) is 8.24. The zero-order valence-corrected chi connectivity index (χ0v) is 43.5. The summed E-state index contributed by atoms with van der Waals surface area (Å²) in [6.07, 6.45) is 64.2. The second-order valence-corrected chi connectivity index (χ2v) is 19.2. The van der Waals surface area contributed by atoms with Gasteiger partial charge in [0, 0.05) is 19.3 Å². The minimum absolute atomic E-state index is 0.0763. The third kappa shape index (κ3) is 52.5. The smallest absolute Gasteiger partial charge is 0.306 e. The van der Waals surface area contributed by atoms with Crippen LogP contribution in [0.15, 0.2) is 36.5 Å². The Bertz CT molecular complexity index is 1090. The molecule has 0 amide bonds. The molecule has 0 saturated carbocycles. The van der Waals surface area contributed by atoms with Gasteiger partial charge in [-0.05, 0) is 89.9 Å². The standard InChI is InChI=1S/C59H108O6/c1-4-7-10-13-16-19-22-24-26-27-28-29-30-31-33-34-37-40-43-46-49-52-58(61)64-55-56(54-63-57(60)51-48-45-42-39-36-21-18-15-12-9-6-3)65-59(62)53-50-47-44-41-38-35-32-25-23-20-17-14-11-8-5-2/h15,18,24-26,32,56H,4-14,16-17,19-23,27-31,33-55H2,1-3H3/b18-15-,26-24-,32-25-/t56-/m0/s1. The van der Waals surface area contributed by atoms with E-state index >= 15 is 0 Å². The first-order valence-corrected chi connectivity index (χ1v) is 28.5. The van der Waals surface area contributed by atoms with E-state index < -0.39 is 6.10 Å². The highest BCUT2D eigenvalue weighted by Gasteiger charge is 2.19. The zero-order chi connectivity index (χ0) is 47.2. The van der Waals surface area contributed by atoms with Crippen LogP contribution in [0.3, 0.4) is 0 Å². The fraction of sp³-hybridized carbons (Fsp3) is 0.847. The van der Waals surface area contributed by atoms with Crippen molar-refractivity contribution in [3.8, 4) is 0 Å². The number of hydrogen-bond acceptors (Lipinski definition) is 6. The largest absolute Gasteiger partial charge is 0.462 e. The Labute approximate surface area is 404 Å². The van der Waals surface area contributed by atoms with E-state index in [0.29, 0.717) is 19.3 Å². The molecule has 0 spiro atoms. The van der Waals surface area contributed by atoms with Gasteiger partial charge in [-0.1, -0.05) is 231 Å². The number of carbonyl (C=O) groups excluding carboxylic acids is 3. The molecule has 0 aliphatic heterocycles. The highest BCUT2D eigenvalue weighted by atomic mass is 16.6. The van der Waals surface area contributed by atoms with Crippen molar-refractivity contribution >= 4 is 17.9 Å². The third-order valence-electron chi connectivity index (χ3n) is 12.6. The van der Waals surface area contributed by atoms with Gasteiger partial charge in [-0.3, -0.25) is 14.4 Å². The van der Waals surface area contributed by atoms with Crippen molar-refractivity contribution in [2.75, 3.05) is 13.2 Å². The van der Waals surface area contributed by atoms with Crippen molar-refractivity contribution < 1.29 is 28.6 Å². The van der Waals surface area contributed by atoms with Gasteiger partial charge in [-0.2, -0.15) is 0 Å². The van der Waals surface area contributed by atoms with Gasteiger partial charge in [-0.25, -0.2) is 0 Å². The molecule has 0 aliphatic rings. The number of hydrogen-bond donors (Lipinski definition) is 0. The summed E-state index contributed by atoms with van der Waals surface area (Å²) in [5.41, 5.74) is 0. The van der Waals surface area contributed by atoms with Gasteiger partial charge in [0.15, 0.2) is 6.10 Å². The van der Waals surface area contributed by atoms with Gasteiger partial charge in [-0.15, -0.1) is 0 Å². The first-order chi connectivity index (χ1) is 32.0. The number of rotatable bonds is 52. The lowest BCUT2D eigenvalue weighted by molar-refractivity contribution is -0.167. The summed E-state index contributed by atoms with van der Waals surface area (Å²) in [5, 5.41) is 0. The predicted molar refractivity (Wildman–Crippen MR) is 279 cm³/mol. The number of allylic oxidation sites excluding steroid dienone is 6. The van der Waals surface area contributed by atoms with Gasteiger partial charge >= 0.3 is 17.9 Å². The maximum Gasteiger partial charge on any atom is 0.306 e. The Balaban J connectivity index is 4.28. The van der Waals surface area contributed by atoms with Crippen LogP contribution in [-0.2, 0) is 28.6 Å². The number of unbranched alkanes of at least 4 members (excludes halogenated alkanes) is 35. The molecular formula is C59H108O6. The lowest BCUT2D eigenvalue weighted by atomic mass is 10.0. The molecule has 0 aromatic carbocycles. The van der Waals surface area contributed by atoms with Crippen LogP contribution in [0.25, 0.3) is 0 Å². The average molecular weight is 914 g/mol. The monoisotopic (exact) mass is 913 g/mol. The van der Waals surface area contributed by atoms with Crippen molar-refractivity contribution in [3.05, 3.63) is 36.5 Å². The van der Waals surface area contributed by atoms with Crippen molar-refractivity contribution in [1.29, 1.82) is 0 Å². The van der Waals surface area contributed by atoms with Gasteiger partial charge < -0.3 is 14.2 Å². The third-order valence-corrected chi connectivity index (χ3v) is 12.6. The second kappa shape index (κ2) is 54.2. The van der Waals surface area contributed by atoms with E-state index in [1.165, 1.54) is 193 Å². The van der Waals surface area contributed by atoms with Crippen LogP contribution >= 0.6 is 0 Å². The summed E-state index contributed by atoms with van der Waals surface area (Å²) >= 11 is 0. The second-order valence-electron chi connectivity index (χ2n) is 19.2. The number of esters is 3. The summed E-state index contributed by atoms with van der Waals surface area (Å²) < 4.78 is 16.8. The molecule has 0 rings (SSSR count). The van der Waals surface area contributed by atoms with Crippen LogP contribution in [0, 0.1) is 0 Å². The van der Waals surface area contributed by atoms with Crippen molar-refractivity contribution in [1.82, 2.24) is 0 Å². The van der Waals surface area contributed by atoms with E-state index in [0.717, 1.165) is 70.6 Å². The summed E-state index contributed by atoms with van der Waals surface area (Å²) in [5.74, 6) is -0.883. The Morgan fingerprint density at radius 2 is 0.523 bits per heavy atom. The lowest BCUT2D eigenvalue weighted by Gasteiger charge is -2.18. The highest BCUT2D eigenvalue weighted by Crippen LogP contribution is 2.16. The van der Waals surface area contributed by atoms with Crippen LogP contribution in [0.4, 0.5) is 0 Å². The molecular weight excluding hydrogens is 805 g/mol. The lowest BCUT2D eigenvalue weighted by Crippen LogP contribution is -2.30. The average Bonchev–Trinajstić information content (AvgIpc) is 3.30. The van der Waals surface area contributed by atoms with Crippen molar-refractivity contribution in [2.45, 2.75) is 309 Å². The Morgan fingerprint density at radius 3 is 0.815 bits per heavy atom. The zero-order valence-electron chi connectivity index (χ0n) is 43.5. The molecule has 6 nitrogen and oxygen atoms in total. The fourth-order valence-electron chi connectivity index (χ4n) is 8.24. The molecule has 0 heterocycles. The first kappa shape index (κ1) is 62.6. The van der Waals surface area contributed by atoms with E-state index in [-0.39, 0.29) is 31.1 Å². The first-order valence-electron chi connectivity index (χ1n) is 28.5. The van der Waals surface area contributed by atoms with Crippen LogP contribution in [0.5, 0.6) is 0 Å². The van der Waals surface area contributed by atoms with Gasteiger partial charge in [0.2, 0.25) is 0 Å².